The van der Waals surface area contributed by atoms with E-state index in [9.17, 15) is 13.2 Å². The number of carbonyl (C=O) groups excluding carboxylic acids is 1. The summed E-state index contributed by atoms with van der Waals surface area (Å²) in [6, 6.07) is 14.2. The highest BCUT2D eigenvalue weighted by Crippen LogP contribution is 2.27. The van der Waals surface area contributed by atoms with Crippen LogP contribution >= 0.6 is 27.7 Å². The number of aromatic nitrogens is 3. The maximum atomic E-state index is 12.9. The topological polar surface area (TPSA) is 97.2 Å². The number of halogens is 1. The number of hydrogen-bond acceptors (Lipinski definition) is 6. The van der Waals surface area contributed by atoms with Crippen molar-refractivity contribution in [1.29, 1.82) is 0 Å². The number of amides is 1. The summed E-state index contributed by atoms with van der Waals surface area (Å²) in [4.78, 5) is 12.7. The second-order valence-electron chi connectivity index (χ2n) is 7.86. The SMILES string of the molecule is CCn1c(SCC(=O)Nc2ccccc2Br)nnc1-c1ccc(S(=O)(=O)N2CCCCC2)cc1. The summed E-state index contributed by atoms with van der Waals surface area (Å²) in [7, 11) is -3.48. The van der Waals surface area contributed by atoms with Gasteiger partial charge in [-0.05, 0) is 72.1 Å². The van der Waals surface area contributed by atoms with Gasteiger partial charge in [-0.2, -0.15) is 4.31 Å². The Bertz CT molecular complexity index is 1260. The van der Waals surface area contributed by atoms with Gasteiger partial charge in [0, 0.05) is 29.7 Å². The monoisotopic (exact) mass is 563 g/mol. The molecule has 11 heteroatoms. The summed E-state index contributed by atoms with van der Waals surface area (Å²) in [6.07, 6.45) is 2.87. The normalized spacial score (nSPS) is 14.8. The van der Waals surface area contributed by atoms with Gasteiger partial charge in [-0.1, -0.05) is 30.3 Å². The number of nitrogens with one attached hydrogen (secondary N) is 1. The van der Waals surface area contributed by atoms with Gasteiger partial charge >= 0.3 is 0 Å². The highest BCUT2D eigenvalue weighted by molar-refractivity contribution is 9.10. The molecule has 180 valence electrons. The van der Waals surface area contributed by atoms with E-state index in [4.69, 9.17) is 0 Å². The van der Waals surface area contributed by atoms with Gasteiger partial charge in [0.25, 0.3) is 0 Å². The maximum absolute atomic E-state index is 12.9. The second-order valence-corrected chi connectivity index (χ2v) is 11.6. The van der Waals surface area contributed by atoms with Crippen LogP contribution in [0.3, 0.4) is 0 Å². The fourth-order valence-electron chi connectivity index (χ4n) is 3.80. The summed E-state index contributed by atoms with van der Waals surface area (Å²) in [6.45, 7) is 3.74. The first kappa shape index (κ1) is 24.9. The Morgan fingerprint density at radius 3 is 2.44 bits per heavy atom. The van der Waals surface area contributed by atoms with Gasteiger partial charge in [0.05, 0.1) is 16.3 Å². The smallest absolute Gasteiger partial charge is 0.243 e. The molecule has 1 fully saturated rings. The summed E-state index contributed by atoms with van der Waals surface area (Å²) >= 11 is 4.73. The molecule has 0 bridgehead atoms. The van der Waals surface area contributed by atoms with E-state index in [0.29, 0.717) is 41.2 Å². The third-order valence-corrected chi connectivity index (χ3v) is 9.15. The highest BCUT2D eigenvalue weighted by atomic mass is 79.9. The zero-order valence-corrected chi connectivity index (χ0v) is 22.0. The van der Waals surface area contributed by atoms with Gasteiger partial charge < -0.3 is 9.88 Å². The lowest BCUT2D eigenvalue weighted by Crippen LogP contribution is -2.35. The molecule has 0 radical (unpaired) electrons. The lowest BCUT2D eigenvalue weighted by atomic mass is 10.2. The predicted octanol–water partition coefficient (Wildman–Crippen LogP) is 4.63. The number of benzene rings is 2. The molecule has 3 aromatic rings. The van der Waals surface area contributed by atoms with Crippen LogP contribution in [0.5, 0.6) is 0 Å². The van der Waals surface area contributed by atoms with Crippen molar-refractivity contribution in [2.24, 2.45) is 0 Å². The number of anilines is 1. The lowest BCUT2D eigenvalue weighted by Gasteiger charge is -2.25. The minimum Gasteiger partial charge on any atom is -0.324 e. The molecule has 4 rings (SSSR count). The van der Waals surface area contributed by atoms with Crippen LogP contribution in [-0.2, 0) is 21.4 Å². The molecule has 1 N–H and O–H groups in total. The van der Waals surface area contributed by atoms with E-state index in [2.05, 4.69) is 31.4 Å². The number of piperidine rings is 1. The number of sulfonamides is 1. The largest absolute Gasteiger partial charge is 0.324 e. The van der Waals surface area contributed by atoms with E-state index in [-0.39, 0.29) is 11.7 Å². The van der Waals surface area contributed by atoms with Crippen LogP contribution in [0.4, 0.5) is 5.69 Å². The standard InChI is InChI=1S/C23H26BrN5O3S2/c1-2-29-22(17-10-12-18(13-11-17)34(31,32)28-14-6-3-7-15-28)26-27-23(29)33-16-21(30)25-20-9-5-4-8-19(20)24/h4-5,8-13H,2-3,6-7,14-16H2,1H3,(H,25,30). The molecule has 2 heterocycles. The molecule has 2 aromatic carbocycles. The molecule has 1 saturated heterocycles. The number of thioether (sulfide) groups is 1. The minimum absolute atomic E-state index is 0.142. The molecule has 0 saturated carbocycles. The van der Waals surface area contributed by atoms with E-state index in [0.717, 1.165) is 29.3 Å². The number of nitrogens with zero attached hydrogens (tertiary/aromatic N) is 4. The average Bonchev–Trinajstić information content (AvgIpc) is 3.28. The second kappa shape index (κ2) is 11.0. The third kappa shape index (κ3) is 5.54. The van der Waals surface area contributed by atoms with Gasteiger partial charge in [0.2, 0.25) is 15.9 Å². The number of para-hydroxylation sites is 1. The van der Waals surface area contributed by atoms with Gasteiger partial charge in [-0.25, -0.2) is 8.42 Å². The van der Waals surface area contributed by atoms with E-state index in [1.807, 2.05) is 35.8 Å². The van der Waals surface area contributed by atoms with Crippen LogP contribution in [0.2, 0.25) is 0 Å². The Labute approximate surface area is 212 Å². The Morgan fingerprint density at radius 2 is 1.76 bits per heavy atom. The van der Waals surface area contributed by atoms with Gasteiger partial charge in [-0.3, -0.25) is 4.79 Å². The van der Waals surface area contributed by atoms with Crippen molar-refractivity contribution in [1.82, 2.24) is 19.1 Å². The number of carbonyl (C=O) groups is 1. The first-order valence-electron chi connectivity index (χ1n) is 11.1. The van der Waals surface area contributed by atoms with Crippen molar-refractivity contribution in [2.75, 3.05) is 24.2 Å². The first-order valence-corrected chi connectivity index (χ1v) is 14.3. The van der Waals surface area contributed by atoms with E-state index in [1.54, 1.807) is 28.6 Å². The van der Waals surface area contributed by atoms with Crippen molar-refractivity contribution < 1.29 is 13.2 Å². The van der Waals surface area contributed by atoms with Crippen LogP contribution in [0.15, 0.2) is 63.1 Å². The Morgan fingerprint density at radius 1 is 1.06 bits per heavy atom. The van der Waals surface area contributed by atoms with Gasteiger partial charge in [0.1, 0.15) is 0 Å². The van der Waals surface area contributed by atoms with E-state index < -0.39 is 10.0 Å². The number of hydrogen-bond donors (Lipinski definition) is 1. The zero-order chi connectivity index (χ0) is 24.1. The third-order valence-electron chi connectivity index (χ3n) is 5.58. The molecule has 8 nitrogen and oxygen atoms in total. The summed E-state index contributed by atoms with van der Waals surface area (Å²) < 4.78 is 30.1. The molecule has 1 aromatic heterocycles. The molecule has 1 amide bonds. The fraction of sp³-hybridized carbons (Fsp3) is 0.348. The molecule has 0 aliphatic carbocycles. The van der Waals surface area contributed by atoms with Gasteiger partial charge in [0.15, 0.2) is 11.0 Å². The fourth-order valence-corrected chi connectivity index (χ4v) is 6.51. The summed E-state index contributed by atoms with van der Waals surface area (Å²) in [5.41, 5.74) is 1.49. The molecule has 1 aliphatic heterocycles. The van der Waals surface area contributed by atoms with Crippen molar-refractivity contribution in [2.45, 2.75) is 42.8 Å². The molecule has 0 spiro atoms. The molecule has 0 atom stereocenters. The quantitative estimate of drug-likeness (QED) is 0.401. The van der Waals surface area contributed by atoms with E-state index in [1.165, 1.54) is 11.8 Å². The van der Waals surface area contributed by atoms with Crippen molar-refractivity contribution in [3.63, 3.8) is 0 Å². The minimum atomic E-state index is -3.48. The van der Waals surface area contributed by atoms with Crippen molar-refractivity contribution in [3.05, 3.63) is 53.0 Å². The van der Waals surface area contributed by atoms with Gasteiger partial charge in [-0.15, -0.1) is 10.2 Å². The van der Waals surface area contributed by atoms with Crippen LogP contribution in [0, 0.1) is 0 Å². The molecular formula is C23H26BrN5O3S2. The zero-order valence-electron chi connectivity index (χ0n) is 18.8. The summed E-state index contributed by atoms with van der Waals surface area (Å²) in [5.74, 6) is 0.682. The van der Waals surface area contributed by atoms with Crippen molar-refractivity contribution >= 4 is 49.3 Å². The number of rotatable bonds is 8. The Hall–Kier alpha value is -2.21. The summed E-state index contributed by atoms with van der Waals surface area (Å²) in [5, 5.41) is 12.1. The van der Waals surface area contributed by atoms with Crippen LogP contribution in [0.1, 0.15) is 26.2 Å². The van der Waals surface area contributed by atoms with Crippen LogP contribution in [-0.4, -0.2) is 52.2 Å². The van der Waals surface area contributed by atoms with Crippen LogP contribution < -0.4 is 5.32 Å². The predicted molar refractivity (Wildman–Crippen MR) is 137 cm³/mol. The van der Waals surface area contributed by atoms with Crippen molar-refractivity contribution in [3.8, 4) is 11.4 Å². The Kier molecular flexibility index (Phi) is 8.07. The molecular weight excluding hydrogens is 538 g/mol. The van der Waals surface area contributed by atoms with E-state index >= 15 is 0 Å². The van der Waals surface area contributed by atoms with Crippen LogP contribution in [0.25, 0.3) is 11.4 Å². The first-order chi connectivity index (χ1) is 16.4. The molecule has 34 heavy (non-hydrogen) atoms. The lowest BCUT2D eigenvalue weighted by molar-refractivity contribution is -0.113. The molecule has 0 unspecified atom stereocenters. The Balaban J connectivity index is 1.45. The highest BCUT2D eigenvalue weighted by Gasteiger charge is 2.26. The average molecular weight is 565 g/mol. The molecule has 1 aliphatic rings. The maximum Gasteiger partial charge on any atom is 0.243 e.